The highest BCUT2D eigenvalue weighted by Crippen LogP contribution is 2.29. The Balaban J connectivity index is 2.69. The Kier molecular flexibility index (Phi) is 4.52. The molecule has 0 N–H and O–H groups in total. The molecule has 1 aromatic carbocycles. The highest BCUT2D eigenvalue weighted by molar-refractivity contribution is 6.36. The Bertz CT molecular complexity index is 290. The molecule has 0 aromatic heterocycles. The van der Waals surface area contributed by atoms with Crippen LogP contribution in [0, 0.1) is 6.92 Å². The van der Waals surface area contributed by atoms with Gasteiger partial charge in [-0.15, -0.1) is 0 Å². The van der Waals surface area contributed by atoms with E-state index in [-0.39, 0.29) is 0 Å². The van der Waals surface area contributed by atoms with Gasteiger partial charge < -0.3 is 9.47 Å². The molecule has 4 heteroatoms. The van der Waals surface area contributed by atoms with Crippen molar-refractivity contribution in [2.75, 3.05) is 20.3 Å². The predicted octanol–water partition coefficient (Wildman–Crippen LogP) is 3.33. The summed E-state index contributed by atoms with van der Waals surface area (Å²) in [5, 5.41) is 1.23. The largest absolute Gasteiger partial charge is 0.491 e. The molecule has 0 radical (unpaired) electrons. The number of ether oxygens (including phenoxy) is 2. The summed E-state index contributed by atoms with van der Waals surface area (Å²) in [7, 11) is 1.62. The van der Waals surface area contributed by atoms with Crippen LogP contribution >= 0.6 is 23.2 Å². The molecule has 0 unspecified atom stereocenters. The van der Waals surface area contributed by atoms with Crippen LogP contribution in [0.5, 0.6) is 5.75 Å². The van der Waals surface area contributed by atoms with Gasteiger partial charge in [-0.05, 0) is 24.6 Å². The van der Waals surface area contributed by atoms with E-state index in [1.54, 1.807) is 19.2 Å². The van der Waals surface area contributed by atoms with Crippen LogP contribution in [0.2, 0.25) is 10.0 Å². The van der Waals surface area contributed by atoms with Gasteiger partial charge in [0, 0.05) is 17.2 Å². The van der Waals surface area contributed by atoms with Gasteiger partial charge in [-0.2, -0.15) is 0 Å². The third-order valence-corrected chi connectivity index (χ3v) is 2.60. The summed E-state index contributed by atoms with van der Waals surface area (Å²) in [6.07, 6.45) is 0. The van der Waals surface area contributed by atoms with Gasteiger partial charge in [-0.1, -0.05) is 23.2 Å². The summed E-state index contributed by atoms with van der Waals surface area (Å²) in [6.45, 7) is 2.90. The Morgan fingerprint density at radius 1 is 1.14 bits per heavy atom. The van der Waals surface area contributed by atoms with Crippen molar-refractivity contribution in [3.05, 3.63) is 27.7 Å². The summed E-state index contributed by atoms with van der Waals surface area (Å²) in [6, 6.07) is 3.50. The molecule has 0 saturated carbocycles. The summed E-state index contributed by atoms with van der Waals surface area (Å²) in [5.74, 6) is 0.669. The number of halogens is 2. The maximum absolute atomic E-state index is 5.94. The van der Waals surface area contributed by atoms with Crippen molar-refractivity contribution in [2.24, 2.45) is 0 Å². The number of benzene rings is 1. The minimum Gasteiger partial charge on any atom is -0.491 e. The van der Waals surface area contributed by atoms with E-state index in [0.29, 0.717) is 29.0 Å². The third-order valence-electron chi connectivity index (χ3n) is 1.81. The molecule has 0 heterocycles. The lowest BCUT2D eigenvalue weighted by Crippen LogP contribution is -2.04. The maximum Gasteiger partial charge on any atom is 0.122 e. The van der Waals surface area contributed by atoms with Crippen LogP contribution < -0.4 is 4.74 Å². The zero-order valence-electron chi connectivity index (χ0n) is 8.14. The predicted molar refractivity (Wildman–Crippen MR) is 58.6 cm³/mol. The van der Waals surface area contributed by atoms with Crippen LogP contribution in [0.25, 0.3) is 0 Å². The zero-order chi connectivity index (χ0) is 10.6. The SMILES string of the molecule is COCCOc1cc(Cl)c(C)c(Cl)c1. The lowest BCUT2D eigenvalue weighted by molar-refractivity contribution is 0.146. The average molecular weight is 235 g/mol. The molecule has 0 amide bonds. The van der Waals surface area contributed by atoms with Gasteiger partial charge in [0.15, 0.2) is 0 Å². The molecular weight excluding hydrogens is 223 g/mol. The van der Waals surface area contributed by atoms with Gasteiger partial charge in [-0.3, -0.25) is 0 Å². The Labute approximate surface area is 93.7 Å². The van der Waals surface area contributed by atoms with Crippen molar-refractivity contribution < 1.29 is 9.47 Å². The molecule has 1 rings (SSSR count). The number of hydrogen-bond donors (Lipinski definition) is 0. The first-order valence-electron chi connectivity index (χ1n) is 4.22. The Hall–Kier alpha value is -0.440. The summed E-state index contributed by atoms with van der Waals surface area (Å²) < 4.78 is 10.2. The third kappa shape index (κ3) is 3.05. The molecule has 2 nitrogen and oxygen atoms in total. The highest BCUT2D eigenvalue weighted by Gasteiger charge is 2.04. The van der Waals surface area contributed by atoms with Crippen LogP contribution in [-0.4, -0.2) is 20.3 Å². The first-order chi connectivity index (χ1) is 6.65. The van der Waals surface area contributed by atoms with Gasteiger partial charge in [0.25, 0.3) is 0 Å². The van der Waals surface area contributed by atoms with Crippen LogP contribution in [0.15, 0.2) is 12.1 Å². The van der Waals surface area contributed by atoms with Crippen LogP contribution in [-0.2, 0) is 4.74 Å². The van der Waals surface area contributed by atoms with Crippen LogP contribution in [0.3, 0.4) is 0 Å². The standard InChI is InChI=1S/C10H12Cl2O2/c1-7-9(11)5-8(6-10(7)12)14-4-3-13-2/h5-6H,3-4H2,1-2H3. The Morgan fingerprint density at radius 2 is 1.71 bits per heavy atom. The average Bonchev–Trinajstić information content (AvgIpc) is 2.14. The van der Waals surface area contributed by atoms with Gasteiger partial charge in [-0.25, -0.2) is 0 Å². The number of methoxy groups -OCH3 is 1. The Morgan fingerprint density at radius 3 is 2.21 bits per heavy atom. The smallest absolute Gasteiger partial charge is 0.122 e. The number of rotatable bonds is 4. The summed E-state index contributed by atoms with van der Waals surface area (Å²) in [4.78, 5) is 0. The minimum absolute atomic E-state index is 0.492. The van der Waals surface area contributed by atoms with E-state index in [0.717, 1.165) is 5.56 Å². The first-order valence-corrected chi connectivity index (χ1v) is 4.98. The molecule has 0 aliphatic heterocycles. The molecule has 0 aliphatic rings. The number of hydrogen-bond acceptors (Lipinski definition) is 2. The van der Waals surface area contributed by atoms with E-state index in [1.807, 2.05) is 6.92 Å². The van der Waals surface area contributed by atoms with Crippen molar-refractivity contribution in [1.29, 1.82) is 0 Å². The molecule has 0 spiro atoms. The molecule has 0 atom stereocenters. The van der Waals surface area contributed by atoms with E-state index in [1.165, 1.54) is 0 Å². The first kappa shape index (κ1) is 11.6. The fourth-order valence-corrected chi connectivity index (χ4v) is 1.42. The lowest BCUT2D eigenvalue weighted by atomic mass is 10.2. The second-order valence-electron chi connectivity index (χ2n) is 2.85. The van der Waals surface area contributed by atoms with E-state index >= 15 is 0 Å². The van der Waals surface area contributed by atoms with Crippen molar-refractivity contribution in [1.82, 2.24) is 0 Å². The van der Waals surface area contributed by atoms with Gasteiger partial charge in [0.2, 0.25) is 0 Å². The molecule has 0 bridgehead atoms. The quantitative estimate of drug-likeness (QED) is 0.745. The zero-order valence-corrected chi connectivity index (χ0v) is 9.65. The summed E-state index contributed by atoms with van der Waals surface area (Å²) in [5.41, 5.74) is 0.868. The normalized spacial score (nSPS) is 10.3. The fraction of sp³-hybridized carbons (Fsp3) is 0.400. The van der Waals surface area contributed by atoms with Crippen molar-refractivity contribution in [2.45, 2.75) is 6.92 Å². The maximum atomic E-state index is 5.94. The lowest BCUT2D eigenvalue weighted by Gasteiger charge is -2.08. The fourth-order valence-electron chi connectivity index (χ4n) is 0.948. The van der Waals surface area contributed by atoms with E-state index in [4.69, 9.17) is 32.7 Å². The van der Waals surface area contributed by atoms with Crippen molar-refractivity contribution in [3.63, 3.8) is 0 Å². The van der Waals surface area contributed by atoms with Gasteiger partial charge in [0.05, 0.1) is 6.61 Å². The molecule has 0 fully saturated rings. The highest BCUT2D eigenvalue weighted by atomic mass is 35.5. The molecule has 1 aromatic rings. The molecular formula is C10H12Cl2O2. The van der Waals surface area contributed by atoms with Gasteiger partial charge in [0.1, 0.15) is 12.4 Å². The van der Waals surface area contributed by atoms with E-state index in [9.17, 15) is 0 Å². The second-order valence-corrected chi connectivity index (χ2v) is 3.67. The molecule has 0 aliphatic carbocycles. The van der Waals surface area contributed by atoms with Crippen LogP contribution in [0.4, 0.5) is 0 Å². The molecule has 14 heavy (non-hydrogen) atoms. The van der Waals surface area contributed by atoms with E-state index in [2.05, 4.69) is 0 Å². The van der Waals surface area contributed by atoms with Crippen molar-refractivity contribution >= 4 is 23.2 Å². The van der Waals surface area contributed by atoms with Crippen molar-refractivity contribution in [3.8, 4) is 5.75 Å². The van der Waals surface area contributed by atoms with Gasteiger partial charge >= 0.3 is 0 Å². The van der Waals surface area contributed by atoms with Crippen LogP contribution in [0.1, 0.15) is 5.56 Å². The topological polar surface area (TPSA) is 18.5 Å². The molecule has 0 saturated heterocycles. The van der Waals surface area contributed by atoms with E-state index < -0.39 is 0 Å². The second kappa shape index (κ2) is 5.44. The summed E-state index contributed by atoms with van der Waals surface area (Å²) >= 11 is 11.9. The minimum atomic E-state index is 0.492. The molecule has 78 valence electrons. The monoisotopic (exact) mass is 234 g/mol.